The molecule has 0 radical (unpaired) electrons. The minimum Gasteiger partial charge on any atom is -0.480 e. The molecule has 0 amide bonds. The molecule has 8 nitrogen and oxygen atoms in total. The van der Waals surface area contributed by atoms with Crippen molar-refractivity contribution in [2.45, 2.75) is 35.3 Å². The van der Waals surface area contributed by atoms with Crippen LogP contribution in [-0.4, -0.2) is 30.2 Å². The van der Waals surface area contributed by atoms with Gasteiger partial charge in [0, 0.05) is 18.5 Å². The second kappa shape index (κ2) is 7.94. The van der Waals surface area contributed by atoms with Gasteiger partial charge in [-0.15, -0.1) is 11.3 Å². The summed E-state index contributed by atoms with van der Waals surface area (Å²) in [5.74, 6) is -3.79. The molecule has 1 aromatic carbocycles. The minimum absolute atomic E-state index is 0.122. The predicted octanol–water partition coefficient (Wildman–Crippen LogP) is 3.42. The topological polar surface area (TPSA) is 136 Å². The van der Waals surface area contributed by atoms with Crippen LogP contribution >= 0.6 is 11.3 Å². The number of nitrogens with one attached hydrogen (secondary N) is 1. The number of carbonyl (C=O) groups is 1. The third kappa shape index (κ3) is 4.05. The molecule has 4 N–H and O–H groups in total. The Morgan fingerprint density at radius 2 is 1.94 bits per heavy atom. The number of aliphatic carboxylic acids is 1. The van der Waals surface area contributed by atoms with Crippen LogP contribution in [-0.2, 0) is 27.5 Å². The molecule has 1 fully saturated rings. The van der Waals surface area contributed by atoms with Gasteiger partial charge in [-0.25, -0.2) is 8.42 Å². The fraction of sp³-hybridized carbons (Fsp3) is 0.300. The molecule has 3 aromatic rings. The summed E-state index contributed by atoms with van der Waals surface area (Å²) in [6.45, 7) is 1.94. The molecule has 33 heavy (non-hydrogen) atoms. The molecule has 13 heteroatoms. The maximum absolute atomic E-state index is 13.0. The van der Waals surface area contributed by atoms with Gasteiger partial charge in [0.05, 0.1) is 4.88 Å². The number of halogens is 3. The van der Waals surface area contributed by atoms with E-state index in [4.69, 9.17) is 5.73 Å². The van der Waals surface area contributed by atoms with Gasteiger partial charge >= 0.3 is 12.1 Å². The summed E-state index contributed by atoms with van der Waals surface area (Å²) in [6.07, 6.45) is -4.73. The van der Waals surface area contributed by atoms with E-state index in [1.807, 2.05) is 0 Å². The Morgan fingerprint density at radius 1 is 1.27 bits per heavy atom. The zero-order chi connectivity index (χ0) is 24.2. The van der Waals surface area contributed by atoms with Crippen molar-refractivity contribution in [1.29, 1.82) is 0 Å². The Balaban J connectivity index is 1.61. The van der Waals surface area contributed by atoms with Gasteiger partial charge in [0.25, 0.3) is 10.0 Å². The van der Waals surface area contributed by atoms with E-state index in [9.17, 15) is 31.5 Å². The molecule has 176 valence electrons. The first-order chi connectivity index (χ1) is 15.4. The molecule has 0 bridgehead atoms. The number of carboxylic acids is 1. The number of nitrogens with zero attached hydrogens (tertiary/aromatic N) is 1. The lowest BCUT2D eigenvalue weighted by Gasteiger charge is -2.15. The van der Waals surface area contributed by atoms with Crippen LogP contribution in [0, 0.1) is 5.92 Å². The van der Waals surface area contributed by atoms with E-state index in [0.29, 0.717) is 29.5 Å². The van der Waals surface area contributed by atoms with E-state index < -0.39 is 45.3 Å². The molecule has 4 rings (SSSR count). The molecule has 2 heterocycles. The standard InChI is InChI=1S/C20H18F3N3O5S2/c1-10-17(12-4-2-11(9-24)3-5-12)19(10,18(27)28)26-33(29,30)16-7-6-14(32-16)13-8-15(31-25-13)20(21,22)23/h2-8,10,17,26H,9,24H2,1H3,(H,27,28)/t10-,17+,19-/m1/s1. The third-order valence-electron chi connectivity index (χ3n) is 5.72. The fourth-order valence-electron chi connectivity index (χ4n) is 3.90. The van der Waals surface area contributed by atoms with Gasteiger partial charge in [-0.3, -0.25) is 4.79 Å². The van der Waals surface area contributed by atoms with Gasteiger partial charge < -0.3 is 15.4 Å². The van der Waals surface area contributed by atoms with Crippen molar-refractivity contribution < 1.29 is 36.0 Å². The summed E-state index contributed by atoms with van der Waals surface area (Å²) in [7, 11) is -4.31. The van der Waals surface area contributed by atoms with Crippen LogP contribution in [0.2, 0.25) is 0 Å². The number of nitrogens with two attached hydrogens (primary N) is 1. The lowest BCUT2D eigenvalue weighted by atomic mass is 10.0. The number of hydrogen-bond donors (Lipinski definition) is 3. The zero-order valence-electron chi connectivity index (χ0n) is 17.0. The Labute approximate surface area is 190 Å². The van der Waals surface area contributed by atoms with Gasteiger partial charge in [0.2, 0.25) is 5.76 Å². The zero-order valence-corrected chi connectivity index (χ0v) is 18.6. The van der Waals surface area contributed by atoms with Crippen molar-refractivity contribution in [3.05, 3.63) is 59.4 Å². The van der Waals surface area contributed by atoms with Crippen LogP contribution in [0.25, 0.3) is 10.6 Å². The average Bonchev–Trinajstić information content (AvgIpc) is 3.20. The maximum atomic E-state index is 13.0. The van der Waals surface area contributed by atoms with Gasteiger partial charge in [-0.2, -0.15) is 17.9 Å². The van der Waals surface area contributed by atoms with Crippen molar-refractivity contribution in [3.8, 4) is 10.6 Å². The molecule has 1 aliphatic rings. The average molecular weight is 502 g/mol. The number of aromatic nitrogens is 1. The first-order valence-corrected chi connectivity index (χ1v) is 11.9. The number of rotatable bonds is 7. The Hall–Kier alpha value is -2.74. The predicted molar refractivity (Wildman–Crippen MR) is 112 cm³/mol. The number of thiophene rings is 1. The van der Waals surface area contributed by atoms with Crippen LogP contribution < -0.4 is 10.5 Å². The summed E-state index contributed by atoms with van der Waals surface area (Å²) in [6, 6.07) is 10.1. The van der Waals surface area contributed by atoms with Gasteiger partial charge in [0.15, 0.2) is 0 Å². The smallest absolute Gasteiger partial charge is 0.452 e. The van der Waals surface area contributed by atoms with Crippen LogP contribution in [0.1, 0.15) is 29.7 Å². The Bertz CT molecular complexity index is 1300. The molecule has 0 unspecified atom stereocenters. The molecule has 2 aromatic heterocycles. The molecule has 1 aliphatic carbocycles. The first-order valence-electron chi connectivity index (χ1n) is 9.60. The number of hydrogen-bond acceptors (Lipinski definition) is 7. The highest BCUT2D eigenvalue weighted by Crippen LogP contribution is 2.58. The van der Waals surface area contributed by atoms with Crippen molar-refractivity contribution in [2.75, 3.05) is 0 Å². The van der Waals surface area contributed by atoms with E-state index in [0.717, 1.165) is 5.56 Å². The summed E-state index contributed by atoms with van der Waals surface area (Å²) >= 11 is 0.653. The van der Waals surface area contributed by atoms with Crippen LogP contribution in [0.15, 0.2) is 51.2 Å². The Kier molecular flexibility index (Phi) is 5.63. The lowest BCUT2D eigenvalue weighted by Crippen LogP contribution is -2.45. The van der Waals surface area contributed by atoms with E-state index in [-0.39, 0.29) is 14.8 Å². The van der Waals surface area contributed by atoms with Crippen molar-refractivity contribution in [1.82, 2.24) is 9.88 Å². The molecule has 0 spiro atoms. The fourth-order valence-corrected chi connectivity index (χ4v) is 6.62. The number of benzene rings is 1. The van der Waals surface area contributed by atoms with E-state index in [1.165, 1.54) is 12.1 Å². The van der Waals surface area contributed by atoms with Crippen molar-refractivity contribution in [3.63, 3.8) is 0 Å². The quantitative estimate of drug-likeness (QED) is 0.451. The summed E-state index contributed by atoms with van der Waals surface area (Å²) < 4.78 is 70.6. The molecule has 0 saturated heterocycles. The monoisotopic (exact) mass is 501 g/mol. The maximum Gasteiger partial charge on any atom is 0.452 e. The molecular formula is C20H18F3N3O5S2. The second-order valence-electron chi connectivity index (χ2n) is 7.68. The van der Waals surface area contributed by atoms with E-state index in [2.05, 4.69) is 14.4 Å². The molecular weight excluding hydrogens is 483 g/mol. The molecule has 0 aliphatic heterocycles. The van der Waals surface area contributed by atoms with Crippen LogP contribution in [0.5, 0.6) is 0 Å². The lowest BCUT2D eigenvalue weighted by molar-refractivity contribution is -0.155. The Morgan fingerprint density at radius 3 is 2.48 bits per heavy atom. The van der Waals surface area contributed by atoms with Crippen molar-refractivity contribution >= 4 is 27.3 Å². The highest BCUT2D eigenvalue weighted by Gasteiger charge is 2.70. The largest absolute Gasteiger partial charge is 0.480 e. The number of carboxylic acid groups (broad SMARTS) is 1. The van der Waals surface area contributed by atoms with Gasteiger partial charge in [0.1, 0.15) is 15.4 Å². The summed E-state index contributed by atoms with van der Waals surface area (Å²) in [5, 5.41) is 13.2. The van der Waals surface area contributed by atoms with Crippen LogP contribution in [0.3, 0.4) is 0 Å². The minimum atomic E-state index is -4.73. The molecule has 3 atom stereocenters. The van der Waals surface area contributed by atoms with Crippen LogP contribution in [0.4, 0.5) is 13.2 Å². The first kappa shape index (κ1) is 23.4. The number of sulfonamides is 1. The highest BCUT2D eigenvalue weighted by molar-refractivity contribution is 7.91. The highest BCUT2D eigenvalue weighted by atomic mass is 32.2. The normalized spacial score (nSPS) is 22.9. The van der Waals surface area contributed by atoms with Gasteiger partial charge in [-0.05, 0) is 29.2 Å². The SMILES string of the molecule is C[C@@H]1[C@@H](c2ccc(CN)cc2)[C@@]1(NS(=O)(=O)c1ccc(-c2cc(C(F)(F)F)on2)s1)C(=O)O. The summed E-state index contributed by atoms with van der Waals surface area (Å²) in [5.41, 5.74) is 5.14. The van der Waals surface area contributed by atoms with Crippen molar-refractivity contribution in [2.24, 2.45) is 11.7 Å². The second-order valence-corrected chi connectivity index (χ2v) is 10.7. The molecule has 1 saturated carbocycles. The number of alkyl halides is 3. The van der Waals surface area contributed by atoms with E-state index >= 15 is 0 Å². The summed E-state index contributed by atoms with van der Waals surface area (Å²) in [4.78, 5) is 12.3. The third-order valence-corrected chi connectivity index (χ3v) is 8.80. The van der Waals surface area contributed by atoms with E-state index in [1.54, 1.807) is 31.2 Å². The van der Waals surface area contributed by atoms with Gasteiger partial charge in [-0.1, -0.05) is 36.3 Å².